The molecule has 0 amide bonds. The molecule has 0 fully saturated rings. The van der Waals surface area contributed by atoms with Crippen molar-refractivity contribution in [3.8, 4) is 22.3 Å². The lowest BCUT2D eigenvalue weighted by atomic mass is 9.95. The molecule has 3 heterocycles. The molecule has 4 nitrogen and oxygen atoms in total. The summed E-state index contributed by atoms with van der Waals surface area (Å²) in [6.45, 7) is 6.58. The fourth-order valence-corrected chi connectivity index (χ4v) is 11.4. The Labute approximate surface area is 458 Å². The molecule has 0 atom stereocenters. The van der Waals surface area contributed by atoms with Gasteiger partial charge in [0, 0.05) is 62.1 Å². The number of nitrogens with zero attached hydrogens (tertiary/aromatic N) is 4. The smallest absolute Gasteiger partial charge is 0.0540 e. The van der Waals surface area contributed by atoms with Crippen molar-refractivity contribution in [1.82, 2.24) is 0 Å². The summed E-state index contributed by atoms with van der Waals surface area (Å²) >= 11 is 0. The average molecular weight is 1000 g/mol. The maximum Gasteiger partial charge on any atom is 0.0540 e. The van der Waals surface area contributed by atoms with E-state index in [1.54, 1.807) is 0 Å². The van der Waals surface area contributed by atoms with Gasteiger partial charge in [-0.25, -0.2) is 0 Å². The van der Waals surface area contributed by atoms with Gasteiger partial charge in [0.05, 0.1) is 28.4 Å². The Hall–Kier alpha value is -10.2. The molecular weight excluding hydrogens is 945 g/mol. The predicted octanol–water partition coefficient (Wildman–Crippen LogP) is 20.9. The second kappa shape index (κ2) is 20.9. The summed E-state index contributed by atoms with van der Waals surface area (Å²) in [5.74, 6) is 0. The average Bonchev–Trinajstić information content (AvgIpc) is 3.89. The summed E-state index contributed by atoms with van der Waals surface area (Å²) in [6.07, 6.45) is 20.1. The molecule has 0 aliphatic carbocycles. The Bertz CT molecular complexity index is 3970. The highest BCUT2D eigenvalue weighted by molar-refractivity contribution is 6.04. The summed E-state index contributed by atoms with van der Waals surface area (Å²) < 4.78 is 0. The third kappa shape index (κ3) is 8.75. The molecule has 10 aromatic carbocycles. The minimum atomic E-state index is 0.797. The highest BCUT2D eigenvalue weighted by Crippen LogP contribution is 2.52. The molecule has 0 bridgehead atoms. The maximum atomic E-state index is 4.53. The van der Waals surface area contributed by atoms with E-state index < -0.39 is 0 Å². The van der Waals surface area contributed by atoms with Crippen molar-refractivity contribution in [2.45, 2.75) is 13.3 Å². The molecule has 3 aliphatic heterocycles. The number of hydrogen-bond donors (Lipinski definition) is 0. The molecule has 0 aromatic heterocycles. The minimum Gasteiger partial charge on any atom is -0.310 e. The van der Waals surface area contributed by atoms with Crippen molar-refractivity contribution >= 4 is 85.5 Å². The lowest BCUT2D eigenvalue weighted by Crippen LogP contribution is -2.15. The van der Waals surface area contributed by atoms with Crippen LogP contribution >= 0.6 is 0 Å². The topological polar surface area (TPSA) is 13.0 Å². The van der Waals surface area contributed by atoms with E-state index in [4.69, 9.17) is 0 Å². The fraction of sp³-hybridized carbons (Fsp3) is 0.0270. The van der Waals surface area contributed by atoms with E-state index in [0.717, 1.165) is 96.9 Å². The monoisotopic (exact) mass is 1000 g/mol. The summed E-state index contributed by atoms with van der Waals surface area (Å²) in [5, 5.41) is 0. The number of hydrogen-bond acceptors (Lipinski definition) is 4. The van der Waals surface area contributed by atoms with E-state index in [1.165, 1.54) is 33.4 Å². The molecule has 78 heavy (non-hydrogen) atoms. The van der Waals surface area contributed by atoms with Crippen molar-refractivity contribution in [3.05, 3.63) is 320 Å². The number of anilines is 12. The van der Waals surface area contributed by atoms with Crippen LogP contribution in [0.15, 0.2) is 298 Å². The van der Waals surface area contributed by atoms with Crippen molar-refractivity contribution in [2.24, 2.45) is 0 Å². The van der Waals surface area contributed by atoms with Crippen LogP contribution in [0.25, 0.3) is 39.5 Å². The van der Waals surface area contributed by atoms with E-state index in [9.17, 15) is 0 Å². The SMILES string of the molecule is C=C1/C=C\C=C/Cc2ccccc2N(c2ccc(N(c3ccc(N4c5ccccc5C=C(/C=C\C=C/C)c5ccccc54)cc3)c3ccc(N4c5ccccc5-c5ccccc5-c5ccccc54)cc3)cc2)c2ccccc21. The number of fused-ring (bicyclic) bond motifs is 9. The Morgan fingerprint density at radius 2 is 0.795 bits per heavy atom. The molecule has 0 spiro atoms. The van der Waals surface area contributed by atoms with Crippen LogP contribution in [-0.2, 0) is 6.42 Å². The maximum absolute atomic E-state index is 4.53. The molecular formula is C74H56N4. The van der Waals surface area contributed by atoms with Crippen molar-refractivity contribution < 1.29 is 0 Å². The van der Waals surface area contributed by atoms with Crippen LogP contribution in [0.1, 0.15) is 29.2 Å². The van der Waals surface area contributed by atoms with Gasteiger partial charge in [0.1, 0.15) is 0 Å². The van der Waals surface area contributed by atoms with E-state index in [0.29, 0.717) is 0 Å². The van der Waals surface area contributed by atoms with E-state index >= 15 is 0 Å². The highest BCUT2D eigenvalue weighted by Gasteiger charge is 2.28. The summed E-state index contributed by atoms with van der Waals surface area (Å²) in [5.41, 5.74) is 24.6. The largest absolute Gasteiger partial charge is 0.310 e. The van der Waals surface area contributed by atoms with Crippen molar-refractivity contribution in [2.75, 3.05) is 19.6 Å². The van der Waals surface area contributed by atoms with Crippen molar-refractivity contribution in [1.29, 1.82) is 0 Å². The number of allylic oxidation sites excluding steroid dienone is 10. The third-order valence-electron chi connectivity index (χ3n) is 15.0. The Morgan fingerprint density at radius 3 is 1.35 bits per heavy atom. The summed E-state index contributed by atoms with van der Waals surface area (Å²) in [4.78, 5) is 9.58. The van der Waals surface area contributed by atoms with Gasteiger partial charge in [-0.3, -0.25) is 0 Å². The Balaban J connectivity index is 0.943. The quantitative estimate of drug-likeness (QED) is 0.141. The van der Waals surface area contributed by atoms with Crippen LogP contribution in [0.2, 0.25) is 0 Å². The lowest BCUT2D eigenvalue weighted by molar-refractivity contribution is 1.19. The van der Waals surface area contributed by atoms with Crippen LogP contribution in [-0.4, -0.2) is 0 Å². The molecule has 0 saturated heterocycles. The van der Waals surface area contributed by atoms with E-state index in [2.05, 4.69) is 324 Å². The molecule has 4 heteroatoms. The van der Waals surface area contributed by atoms with Crippen LogP contribution in [0.3, 0.4) is 0 Å². The third-order valence-corrected chi connectivity index (χ3v) is 15.0. The first-order valence-corrected chi connectivity index (χ1v) is 26.8. The van der Waals surface area contributed by atoms with Gasteiger partial charge in [-0.05, 0) is 162 Å². The van der Waals surface area contributed by atoms with Crippen LogP contribution in [0.5, 0.6) is 0 Å². The molecule has 0 unspecified atom stereocenters. The molecule has 0 N–H and O–H groups in total. The molecule has 372 valence electrons. The lowest BCUT2D eigenvalue weighted by Gasteiger charge is -2.31. The molecule has 13 rings (SSSR count). The van der Waals surface area contributed by atoms with Crippen LogP contribution < -0.4 is 19.6 Å². The summed E-state index contributed by atoms with van der Waals surface area (Å²) in [7, 11) is 0. The second-order valence-electron chi connectivity index (χ2n) is 19.7. The standard InChI is InChI=1S/C74H56N4/c1-3-4-6-26-55-52-56-27-10-18-35-70(56)77(72-37-20-14-29-64(55)72)61-48-42-58(43-49-61)75(57-40-46-60(47-41-57)76-69-34-17-9-25-54(69)24-8-5-7-23-53(2)63-28-13-19-36-71(63)76)59-44-50-62(51-45-59)78-73-38-21-15-32-67(73)65-30-11-12-31-66(65)68-33-16-22-39-74(68)78/h3-23,25-52H,2,24H2,1H3/b4-3-,8-5-,23-7-,26-6-. The van der Waals surface area contributed by atoms with Gasteiger partial charge in [-0.1, -0.05) is 189 Å². The Kier molecular flexibility index (Phi) is 12.7. The first-order chi connectivity index (χ1) is 38.6. The van der Waals surface area contributed by atoms with E-state index in [-0.39, 0.29) is 0 Å². The molecule has 0 saturated carbocycles. The van der Waals surface area contributed by atoms with Gasteiger partial charge in [-0.2, -0.15) is 0 Å². The molecule has 0 radical (unpaired) electrons. The summed E-state index contributed by atoms with van der Waals surface area (Å²) in [6, 6.07) is 88.2. The molecule has 3 aliphatic rings. The zero-order valence-electron chi connectivity index (χ0n) is 43.5. The van der Waals surface area contributed by atoms with Crippen LogP contribution in [0.4, 0.5) is 68.2 Å². The normalized spacial score (nSPS) is 14.3. The highest BCUT2D eigenvalue weighted by atomic mass is 15.2. The van der Waals surface area contributed by atoms with Gasteiger partial charge >= 0.3 is 0 Å². The zero-order chi connectivity index (χ0) is 52.4. The number of rotatable bonds is 8. The number of para-hydroxylation sites is 6. The van der Waals surface area contributed by atoms with Gasteiger partial charge < -0.3 is 19.6 Å². The second-order valence-corrected chi connectivity index (χ2v) is 19.7. The molecule has 10 aromatic rings. The van der Waals surface area contributed by atoms with Gasteiger partial charge in [0.25, 0.3) is 0 Å². The van der Waals surface area contributed by atoms with Gasteiger partial charge in [-0.15, -0.1) is 0 Å². The number of benzene rings is 10. The minimum absolute atomic E-state index is 0.797. The van der Waals surface area contributed by atoms with Gasteiger partial charge in [0.2, 0.25) is 0 Å². The Morgan fingerprint density at radius 1 is 0.385 bits per heavy atom. The van der Waals surface area contributed by atoms with Gasteiger partial charge in [0.15, 0.2) is 0 Å². The zero-order valence-corrected chi connectivity index (χ0v) is 43.5. The van der Waals surface area contributed by atoms with E-state index in [1.807, 2.05) is 6.92 Å². The fourth-order valence-electron chi connectivity index (χ4n) is 11.4. The van der Waals surface area contributed by atoms with Crippen LogP contribution in [0, 0.1) is 0 Å². The first kappa shape index (κ1) is 47.5. The predicted molar refractivity (Wildman–Crippen MR) is 332 cm³/mol. The van der Waals surface area contributed by atoms with Crippen molar-refractivity contribution in [3.63, 3.8) is 0 Å². The first-order valence-electron chi connectivity index (χ1n) is 26.8.